The number of hydrogen-bond donors (Lipinski definition) is 2. The fourth-order valence-electron chi connectivity index (χ4n) is 3.32. The minimum atomic E-state index is -0.520. The number of methoxy groups -OCH3 is 2. The molecular weight excluding hydrogens is 396 g/mol. The van der Waals surface area contributed by atoms with Crippen molar-refractivity contribution in [1.29, 1.82) is 0 Å². The lowest BCUT2D eigenvalue weighted by molar-refractivity contribution is -0.115. The Morgan fingerprint density at radius 2 is 1.81 bits per heavy atom. The van der Waals surface area contributed by atoms with Crippen molar-refractivity contribution in [2.45, 2.75) is 26.4 Å². The normalized spacial score (nSPS) is 13.7. The molecule has 0 bridgehead atoms. The van der Waals surface area contributed by atoms with Gasteiger partial charge in [0.1, 0.15) is 11.4 Å². The van der Waals surface area contributed by atoms with E-state index in [1.54, 1.807) is 37.4 Å². The molecule has 0 saturated heterocycles. The van der Waals surface area contributed by atoms with Crippen molar-refractivity contribution in [2.24, 2.45) is 0 Å². The first-order valence-electron chi connectivity index (χ1n) is 10.1. The molecule has 0 saturated carbocycles. The van der Waals surface area contributed by atoms with Crippen LogP contribution in [0, 0.1) is 0 Å². The summed E-state index contributed by atoms with van der Waals surface area (Å²) >= 11 is 0. The van der Waals surface area contributed by atoms with Gasteiger partial charge in [0.15, 0.2) is 17.3 Å². The Labute approximate surface area is 182 Å². The Hall–Kier alpha value is -3.32. The molecule has 2 aromatic carbocycles. The minimum Gasteiger partial charge on any atom is -0.497 e. The number of likely N-dealkylation sites (N-methyl/N-ethyl adjacent to an activating group) is 1. The maximum absolute atomic E-state index is 13.6. The molecule has 0 fully saturated rings. The summed E-state index contributed by atoms with van der Waals surface area (Å²) < 4.78 is 16.8. The van der Waals surface area contributed by atoms with E-state index in [0.717, 1.165) is 0 Å². The molecule has 0 unspecified atom stereocenters. The maximum Gasteiger partial charge on any atom is 0.238 e. The Morgan fingerprint density at radius 3 is 2.48 bits per heavy atom. The van der Waals surface area contributed by atoms with Crippen molar-refractivity contribution in [3.05, 3.63) is 53.1 Å². The van der Waals surface area contributed by atoms with Gasteiger partial charge in [-0.1, -0.05) is 13.0 Å². The van der Waals surface area contributed by atoms with Crippen molar-refractivity contribution >= 4 is 23.5 Å². The summed E-state index contributed by atoms with van der Waals surface area (Å²) in [5.74, 6) is 1.13. The number of ketones is 1. The molecule has 164 valence electrons. The first-order valence-corrected chi connectivity index (χ1v) is 10.1. The van der Waals surface area contributed by atoms with Crippen LogP contribution in [0.4, 0.5) is 5.69 Å². The molecule has 1 heterocycles. The zero-order valence-corrected chi connectivity index (χ0v) is 18.5. The smallest absolute Gasteiger partial charge is 0.238 e. The number of nitrogens with one attached hydrogen (secondary N) is 2. The van der Waals surface area contributed by atoms with Crippen molar-refractivity contribution in [3.63, 3.8) is 0 Å². The Morgan fingerprint density at radius 1 is 1.06 bits per heavy atom. The summed E-state index contributed by atoms with van der Waals surface area (Å²) in [6, 6.07) is 8.41. The summed E-state index contributed by atoms with van der Waals surface area (Å²) in [6.45, 7) is 6.59. The standard InChI is InChI=1S/C24H28N2O5/c1-6-25-14-21(27)26-19-13-15(29-4)7-8-18(19)22(28)16-9-10-20(30-5)23-17(16)11-12-24(2,3)31-23/h7-13,25H,6,14H2,1-5H3,(H,26,27). The molecule has 0 aliphatic carbocycles. The van der Waals surface area contributed by atoms with Gasteiger partial charge in [0, 0.05) is 22.8 Å². The molecule has 2 N–H and O–H groups in total. The molecule has 31 heavy (non-hydrogen) atoms. The third-order valence-corrected chi connectivity index (χ3v) is 4.92. The Bertz CT molecular complexity index is 1030. The number of benzene rings is 2. The summed E-state index contributed by atoms with van der Waals surface area (Å²) in [7, 11) is 3.10. The summed E-state index contributed by atoms with van der Waals surface area (Å²) in [4.78, 5) is 25.9. The molecule has 0 spiro atoms. The highest BCUT2D eigenvalue weighted by Gasteiger charge is 2.29. The number of anilines is 1. The molecule has 7 nitrogen and oxygen atoms in total. The lowest BCUT2D eigenvalue weighted by Crippen LogP contribution is -2.29. The van der Waals surface area contributed by atoms with Crippen LogP contribution in [0.2, 0.25) is 0 Å². The van der Waals surface area contributed by atoms with Gasteiger partial charge in [-0.15, -0.1) is 0 Å². The molecule has 0 radical (unpaired) electrons. The lowest BCUT2D eigenvalue weighted by Gasteiger charge is -2.30. The largest absolute Gasteiger partial charge is 0.497 e. The first-order chi connectivity index (χ1) is 14.8. The third kappa shape index (κ3) is 4.88. The van der Waals surface area contributed by atoms with E-state index in [4.69, 9.17) is 14.2 Å². The van der Waals surface area contributed by atoms with Crippen LogP contribution in [-0.4, -0.2) is 44.6 Å². The average Bonchev–Trinajstić information content (AvgIpc) is 2.75. The van der Waals surface area contributed by atoms with Crippen LogP contribution in [-0.2, 0) is 4.79 Å². The molecule has 2 aromatic rings. The highest BCUT2D eigenvalue weighted by Crippen LogP contribution is 2.41. The molecule has 3 rings (SSSR count). The first kappa shape index (κ1) is 22.4. The van der Waals surface area contributed by atoms with E-state index in [1.807, 2.05) is 32.9 Å². The van der Waals surface area contributed by atoms with Gasteiger partial charge in [-0.05, 0) is 50.7 Å². The number of fused-ring (bicyclic) bond motifs is 1. The van der Waals surface area contributed by atoms with E-state index in [1.165, 1.54) is 7.11 Å². The van der Waals surface area contributed by atoms with Gasteiger partial charge in [0.2, 0.25) is 5.91 Å². The molecule has 1 aliphatic rings. The quantitative estimate of drug-likeness (QED) is 0.629. The number of amides is 1. The Kier molecular flexibility index (Phi) is 6.65. The van der Waals surface area contributed by atoms with E-state index < -0.39 is 5.60 Å². The minimum absolute atomic E-state index is 0.144. The predicted molar refractivity (Wildman–Crippen MR) is 120 cm³/mol. The second kappa shape index (κ2) is 9.22. The highest BCUT2D eigenvalue weighted by atomic mass is 16.5. The van der Waals surface area contributed by atoms with Crippen molar-refractivity contribution < 1.29 is 23.8 Å². The fourth-order valence-corrected chi connectivity index (χ4v) is 3.32. The second-order valence-electron chi connectivity index (χ2n) is 7.67. The fraction of sp³-hybridized carbons (Fsp3) is 0.333. The highest BCUT2D eigenvalue weighted by molar-refractivity contribution is 6.16. The SMILES string of the molecule is CCNCC(=O)Nc1cc(OC)ccc1C(=O)c1ccc(OC)c2c1C=CC(C)(C)O2. The van der Waals surface area contributed by atoms with Crippen LogP contribution >= 0.6 is 0 Å². The van der Waals surface area contributed by atoms with Gasteiger partial charge >= 0.3 is 0 Å². The van der Waals surface area contributed by atoms with Gasteiger partial charge in [-0.25, -0.2) is 0 Å². The van der Waals surface area contributed by atoms with Crippen LogP contribution < -0.4 is 24.8 Å². The number of hydrogen-bond acceptors (Lipinski definition) is 6. The summed E-state index contributed by atoms with van der Waals surface area (Å²) in [6.07, 6.45) is 3.78. The van der Waals surface area contributed by atoms with Crippen LogP contribution in [0.5, 0.6) is 17.2 Å². The van der Waals surface area contributed by atoms with Crippen molar-refractivity contribution in [2.75, 3.05) is 32.6 Å². The molecular formula is C24H28N2O5. The molecule has 1 aliphatic heterocycles. The van der Waals surface area contributed by atoms with E-state index >= 15 is 0 Å². The summed E-state index contributed by atoms with van der Waals surface area (Å²) in [5, 5.41) is 5.78. The van der Waals surface area contributed by atoms with Crippen LogP contribution in [0.1, 0.15) is 42.3 Å². The predicted octanol–water partition coefficient (Wildman–Crippen LogP) is 3.67. The molecule has 0 atom stereocenters. The molecule has 0 aromatic heterocycles. The van der Waals surface area contributed by atoms with E-state index in [0.29, 0.717) is 46.2 Å². The Balaban J connectivity index is 2.05. The number of rotatable bonds is 8. The van der Waals surface area contributed by atoms with Crippen molar-refractivity contribution in [1.82, 2.24) is 5.32 Å². The van der Waals surface area contributed by atoms with Gasteiger partial charge in [-0.2, -0.15) is 0 Å². The zero-order valence-electron chi connectivity index (χ0n) is 18.5. The summed E-state index contributed by atoms with van der Waals surface area (Å²) in [5.41, 5.74) is 1.32. The van der Waals surface area contributed by atoms with E-state index in [-0.39, 0.29) is 18.2 Å². The van der Waals surface area contributed by atoms with E-state index in [9.17, 15) is 9.59 Å². The number of ether oxygens (including phenoxy) is 3. The van der Waals surface area contributed by atoms with E-state index in [2.05, 4.69) is 10.6 Å². The number of carbonyl (C=O) groups is 2. The van der Waals surface area contributed by atoms with Crippen LogP contribution in [0.25, 0.3) is 6.08 Å². The zero-order chi connectivity index (χ0) is 22.6. The second-order valence-corrected chi connectivity index (χ2v) is 7.67. The molecule has 7 heteroatoms. The van der Waals surface area contributed by atoms with Crippen LogP contribution in [0.3, 0.4) is 0 Å². The van der Waals surface area contributed by atoms with Gasteiger partial charge in [0.05, 0.1) is 26.5 Å². The van der Waals surface area contributed by atoms with Gasteiger partial charge in [0.25, 0.3) is 0 Å². The third-order valence-electron chi connectivity index (χ3n) is 4.92. The monoisotopic (exact) mass is 424 g/mol. The van der Waals surface area contributed by atoms with Gasteiger partial charge < -0.3 is 24.8 Å². The molecule has 1 amide bonds. The van der Waals surface area contributed by atoms with Crippen molar-refractivity contribution in [3.8, 4) is 17.2 Å². The average molecular weight is 424 g/mol. The van der Waals surface area contributed by atoms with Crippen LogP contribution in [0.15, 0.2) is 36.4 Å². The number of carbonyl (C=O) groups excluding carboxylic acids is 2. The topological polar surface area (TPSA) is 85.9 Å². The lowest BCUT2D eigenvalue weighted by atomic mass is 9.93. The van der Waals surface area contributed by atoms with Gasteiger partial charge in [-0.3, -0.25) is 9.59 Å². The maximum atomic E-state index is 13.6.